The first-order valence-electron chi connectivity index (χ1n) is 15.7. The molecule has 4 aromatic carbocycles. The number of halogens is 1. The Balaban J connectivity index is 1.83. The molecule has 0 radical (unpaired) electrons. The normalized spacial score (nSPS) is 11.8. The van der Waals surface area contributed by atoms with Gasteiger partial charge in [0.25, 0.3) is 10.0 Å². The molecule has 0 saturated heterocycles. The van der Waals surface area contributed by atoms with Crippen LogP contribution in [0.2, 0.25) is 0 Å². The zero-order chi connectivity index (χ0) is 35.6. The van der Waals surface area contributed by atoms with Crippen LogP contribution < -0.4 is 23.8 Å². The van der Waals surface area contributed by atoms with E-state index >= 15 is 0 Å². The monoisotopic (exact) mass is 691 g/mol. The van der Waals surface area contributed by atoms with Crippen molar-refractivity contribution in [3.63, 3.8) is 0 Å². The molecule has 0 aliphatic heterocycles. The van der Waals surface area contributed by atoms with E-state index in [2.05, 4.69) is 5.32 Å². The zero-order valence-electron chi connectivity index (χ0n) is 28.3. The number of methoxy groups -OCH3 is 3. The number of benzene rings is 4. The van der Waals surface area contributed by atoms with Crippen molar-refractivity contribution in [2.45, 2.75) is 37.8 Å². The van der Waals surface area contributed by atoms with Crippen molar-refractivity contribution in [1.82, 2.24) is 10.2 Å². The Morgan fingerprint density at radius 1 is 0.796 bits per heavy atom. The van der Waals surface area contributed by atoms with Gasteiger partial charge in [-0.25, -0.2) is 12.8 Å². The standard InChI is InChI=1S/C37H42FN3O7S/c1-26(2)23-39-37(43)33(21-27-10-7-6-8-11-27)40(24-28-12-9-13-31(20-28)46-3)36(42)25-41(30-16-14-29(38)15-17-30)49(44,45)32-18-19-34(47-4)35(22-32)48-5/h6-20,22,26,33H,21,23-25H2,1-5H3,(H,39,43)/t33-/m0/s1. The molecular formula is C37H42FN3O7S. The lowest BCUT2D eigenvalue weighted by atomic mass is 10.0. The minimum atomic E-state index is -4.46. The number of nitrogens with zero attached hydrogens (tertiary/aromatic N) is 2. The highest BCUT2D eigenvalue weighted by atomic mass is 32.2. The van der Waals surface area contributed by atoms with Crippen LogP contribution in [0.3, 0.4) is 0 Å². The molecule has 2 amide bonds. The largest absolute Gasteiger partial charge is 0.497 e. The molecule has 0 fully saturated rings. The molecule has 1 N–H and O–H groups in total. The van der Waals surface area contributed by atoms with Gasteiger partial charge in [0.15, 0.2) is 11.5 Å². The van der Waals surface area contributed by atoms with E-state index in [1.54, 1.807) is 24.3 Å². The number of sulfonamides is 1. The number of amides is 2. The van der Waals surface area contributed by atoms with Gasteiger partial charge in [0, 0.05) is 25.6 Å². The number of carbonyl (C=O) groups is 2. The minimum absolute atomic E-state index is 0.0315. The molecule has 49 heavy (non-hydrogen) atoms. The molecule has 0 saturated carbocycles. The molecule has 4 aromatic rings. The first-order valence-corrected chi connectivity index (χ1v) is 17.1. The SMILES string of the molecule is COc1cccc(CN(C(=O)CN(c2ccc(F)cc2)S(=O)(=O)c2ccc(OC)c(OC)c2)[C@@H](Cc2ccccc2)C(=O)NCC(C)C)c1. The summed E-state index contributed by atoms with van der Waals surface area (Å²) in [7, 11) is -0.124. The predicted molar refractivity (Wildman–Crippen MR) is 186 cm³/mol. The van der Waals surface area contributed by atoms with Crippen LogP contribution in [0.5, 0.6) is 17.2 Å². The van der Waals surface area contributed by atoms with Crippen LogP contribution in [0.15, 0.2) is 102 Å². The third-order valence-electron chi connectivity index (χ3n) is 7.78. The lowest BCUT2D eigenvalue weighted by molar-refractivity contribution is -0.140. The zero-order valence-corrected chi connectivity index (χ0v) is 29.1. The molecule has 0 aliphatic carbocycles. The summed E-state index contributed by atoms with van der Waals surface area (Å²) in [6.45, 7) is 3.57. The van der Waals surface area contributed by atoms with Gasteiger partial charge in [0.05, 0.1) is 31.9 Å². The Bertz CT molecular complexity index is 1820. The summed E-state index contributed by atoms with van der Waals surface area (Å²) in [4.78, 5) is 29.7. The van der Waals surface area contributed by atoms with Gasteiger partial charge in [-0.05, 0) is 65.6 Å². The summed E-state index contributed by atoms with van der Waals surface area (Å²) < 4.78 is 59.6. The van der Waals surface area contributed by atoms with Crippen molar-refractivity contribution in [2.75, 3.05) is 38.7 Å². The van der Waals surface area contributed by atoms with Gasteiger partial charge < -0.3 is 24.4 Å². The van der Waals surface area contributed by atoms with Crippen molar-refractivity contribution < 1.29 is 36.6 Å². The van der Waals surface area contributed by atoms with Crippen LogP contribution in [0.4, 0.5) is 10.1 Å². The smallest absolute Gasteiger partial charge is 0.264 e. The molecule has 260 valence electrons. The number of rotatable bonds is 16. The van der Waals surface area contributed by atoms with Gasteiger partial charge >= 0.3 is 0 Å². The number of hydrogen-bond donors (Lipinski definition) is 1. The van der Waals surface area contributed by atoms with E-state index in [1.165, 1.54) is 56.6 Å². The van der Waals surface area contributed by atoms with Gasteiger partial charge in [0.2, 0.25) is 11.8 Å². The first-order chi connectivity index (χ1) is 23.5. The highest BCUT2D eigenvalue weighted by Gasteiger charge is 2.35. The maximum absolute atomic E-state index is 14.6. The maximum Gasteiger partial charge on any atom is 0.264 e. The molecule has 0 heterocycles. The fraction of sp³-hybridized carbons (Fsp3) is 0.297. The molecule has 4 rings (SSSR count). The van der Waals surface area contributed by atoms with E-state index in [9.17, 15) is 22.4 Å². The van der Waals surface area contributed by atoms with Crippen molar-refractivity contribution in [3.8, 4) is 17.2 Å². The second-order valence-corrected chi connectivity index (χ2v) is 13.6. The Morgan fingerprint density at radius 3 is 2.10 bits per heavy atom. The van der Waals surface area contributed by atoms with Gasteiger partial charge in [-0.2, -0.15) is 0 Å². The summed E-state index contributed by atoms with van der Waals surface area (Å²) in [6.07, 6.45) is 0.166. The average Bonchev–Trinajstić information content (AvgIpc) is 3.11. The molecule has 0 bridgehead atoms. The fourth-order valence-electron chi connectivity index (χ4n) is 5.18. The number of ether oxygens (including phenoxy) is 3. The number of hydrogen-bond acceptors (Lipinski definition) is 7. The van der Waals surface area contributed by atoms with Crippen LogP contribution in [0.25, 0.3) is 0 Å². The second kappa shape index (κ2) is 16.8. The molecule has 12 heteroatoms. The molecule has 10 nitrogen and oxygen atoms in total. The Kier molecular flexibility index (Phi) is 12.6. The molecule has 0 spiro atoms. The summed E-state index contributed by atoms with van der Waals surface area (Å²) in [5.74, 6) is -0.448. The van der Waals surface area contributed by atoms with Gasteiger partial charge in [-0.15, -0.1) is 0 Å². The number of carbonyl (C=O) groups excluding carboxylic acids is 2. The van der Waals surface area contributed by atoms with Crippen LogP contribution in [-0.2, 0) is 32.6 Å². The highest BCUT2D eigenvalue weighted by molar-refractivity contribution is 7.92. The number of anilines is 1. The summed E-state index contributed by atoms with van der Waals surface area (Å²) in [5.41, 5.74) is 1.53. The van der Waals surface area contributed by atoms with Crippen molar-refractivity contribution in [1.29, 1.82) is 0 Å². The Morgan fingerprint density at radius 2 is 1.47 bits per heavy atom. The predicted octanol–water partition coefficient (Wildman–Crippen LogP) is 5.46. The minimum Gasteiger partial charge on any atom is -0.497 e. The molecular weight excluding hydrogens is 649 g/mol. The van der Waals surface area contributed by atoms with E-state index in [1.807, 2.05) is 44.2 Å². The second-order valence-electron chi connectivity index (χ2n) is 11.7. The van der Waals surface area contributed by atoms with E-state index < -0.39 is 34.3 Å². The van der Waals surface area contributed by atoms with Crippen molar-refractivity contribution in [2.24, 2.45) is 5.92 Å². The van der Waals surface area contributed by atoms with Gasteiger partial charge in [0.1, 0.15) is 24.2 Å². The highest BCUT2D eigenvalue weighted by Crippen LogP contribution is 2.32. The molecule has 0 aliphatic rings. The van der Waals surface area contributed by atoms with E-state index in [0.29, 0.717) is 23.6 Å². The molecule has 1 atom stereocenters. The van der Waals surface area contributed by atoms with E-state index in [0.717, 1.165) is 22.0 Å². The van der Waals surface area contributed by atoms with E-state index in [4.69, 9.17) is 14.2 Å². The topological polar surface area (TPSA) is 114 Å². The Labute approximate surface area is 287 Å². The first kappa shape index (κ1) is 36.7. The lowest BCUT2D eigenvalue weighted by Crippen LogP contribution is -2.53. The van der Waals surface area contributed by atoms with Crippen LogP contribution in [-0.4, -0.2) is 65.6 Å². The number of nitrogens with one attached hydrogen (secondary N) is 1. The van der Waals surface area contributed by atoms with E-state index in [-0.39, 0.29) is 41.1 Å². The van der Waals surface area contributed by atoms with Crippen molar-refractivity contribution >= 4 is 27.5 Å². The molecule has 0 aromatic heterocycles. The van der Waals surface area contributed by atoms with Gasteiger partial charge in [-0.3, -0.25) is 13.9 Å². The van der Waals surface area contributed by atoms with Crippen LogP contribution >= 0.6 is 0 Å². The third-order valence-corrected chi connectivity index (χ3v) is 9.55. The average molecular weight is 692 g/mol. The quantitative estimate of drug-likeness (QED) is 0.166. The summed E-state index contributed by atoms with van der Waals surface area (Å²) in [5, 5.41) is 2.96. The fourth-order valence-corrected chi connectivity index (χ4v) is 6.61. The summed E-state index contributed by atoms with van der Waals surface area (Å²) >= 11 is 0. The lowest BCUT2D eigenvalue weighted by Gasteiger charge is -2.34. The maximum atomic E-state index is 14.6. The Hall–Kier alpha value is -5.10. The van der Waals surface area contributed by atoms with Crippen molar-refractivity contribution in [3.05, 3.63) is 114 Å². The third kappa shape index (κ3) is 9.50. The van der Waals surface area contributed by atoms with Gasteiger partial charge in [-0.1, -0.05) is 56.3 Å². The van der Waals surface area contributed by atoms with Crippen LogP contribution in [0.1, 0.15) is 25.0 Å². The summed E-state index contributed by atoms with van der Waals surface area (Å²) in [6, 6.07) is 24.2. The molecule has 0 unspecified atom stereocenters. The van der Waals surface area contributed by atoms with Crippen LogP contribution in [0, 0.1) is 11.7 Å².